The van der Waals surface area contributed by atoms with E-state index < -0.39 is 10.0 Å². The molecule has 0 aliphatic carbocycles. The van der Waals surface area contributed by atoms with Gasteiger partial charge < -0.3 is 15.1 Å². The summed E-state index contributed by atoms with van der Waals surface area (Å²) in [5, 5.41) is 2.88. The van der Waals surface area contributed by atoms with E-state index in [1.165, 1.54) is 10.4 Å². The largest absolute Gasteiger partial charge is 0.369 e. The quantitative estimate of drug-likeness (QED) is 0.771. The molecule has 2 heterocycles. The zero-order chi connectivity index (χ0) is 21.8. The minimum atomic E-state index is -3.57. The van der Waals surface area contributed by atoms with E-state index in [4.69, 9.17) is 0 Å². The number of anilines is 2. The number of hydrogen-bond acceptors (Lipinski definition) is 5. The van der Waals surface area contributed by atoms with E-state index in [1.807, 2.05) is 24.3 Å². The van der Waals surface area contributed by atoms with Crippen LogP contribution in [0.2, 0.25) is 0 Å². The lowest BCUT2D eigenvalue weighted by molar-refractivity contribution is 0.102. The van der Waals surface area contributed by atoms with E-state index in [9.17, 15) is 13.2 Å². The highest BCUT2D eigenvalue weighted by Gasteiger charge is 2.26. The molecule has 2 fully saturated rings. The fourth-order valence-corrected chi connectivity index (χ4v) is 5.64. The maximum atomic E-state index is 12.9. The molecule has 2 aliphatic rings. The number of likely N-dealkylation sites (N-methyl/N-ethyl adjacent to an activating group) is 1. The molecule has 0 atom stereocenters. The third-order valence-electron chi connectivity index (χ3n) is 6.04. The Morgan fingerprint density at radius 3 is 2.23 bits per heavy atom. The van der Waals surface area contributed by atoms with Gasteiger partial charge in [0, 0.05) is 56.2 Å². The number of piperidine rings is 1. The molecule has 7 nitrogen and oxygen atoms in total. The van der Waals surface area contributed by atoms with Crippen LogP contribution in [-0.4, -0.2) is 69.8 Å². The number of hydrogen-bond donors (Lipinski definition) is 1. The highest BCUT2D eigenvalue weighted by atomic mass is 32.2. The van der Waals surface area contributed by atoms with Gasteiger partial charge in [0.15, 0.2) is 0 Å². The van der Waals surface area contributed by atoms with E-state index in [1.54, 1.807) is 18.2 Å². The third kappa shape index (κ3) is 5.08. The van der Waals surface area contributed by atoms with Crippen LogP contribution >= 0.6 is 0 Å². The fourth-order valence-electron chi connectivity index (χ4n) is 4.08. The van der Waals surface area contributed by atoms with E-state index in [0.29, 0.717) is 24.3 Å². The summed E-state index contributed by atoms with van der Waals surface area (Å²) in [5.74, 6) is -0.317. The number of nitrogens with one attached hydrogen (secondary N) is 1. The second kappa shape index (κ2) is 9.38. The van der Waals surface area contributed by atoms with Crippen molar-refractivity contribution in [3.8, 4) is 0 Å². The molecule has 1 amide bonds. The summed E-state index contributed by atoms with van der Waals surface area (Å²) in [4.78, 5) is 17.6. The normalized spacial score (nSPS) is 18.7. The van der Waals surface area contributed by atoms with Crippen LogP contribution in [0.3, 0.4) is 0 Å². The Hall–Kier alpha value is -2.42. The highest BCUT2D eigenvalue weighted by molar-refractivity contribution is 7.89. The van der Waals surface area contributed by atoms with Crippen molar-refractivity contribution in [3.63, 3.8) is 0 Å². The van der Waals surface area contributed by atoms with E-state index >= 15 is 0 Å². The minimum Gasteiger partial charge on any atom is -0.369 e. The predicted octanol–water partition coefficient (Wildman–Crippen LogP) is 2.87. The number of carbonyl (C=O) groups excluding carboxylic acids is 1. The molecule has 2 saturated heterocycles. The second-order valence-corrected chi connectivity index (χ2v) is 10.2. The Balaban J connectivity index is 1.43. The molecule has 1 N–H and O–H groups in total. The lowest BCUT2D eigenvalue weighted by atomic mass is 10.2. The standard InChI is InChI=1S/C23H30N4O3S/c1-25-14-16-26(17-15-25)21-10-8-20(9-11-21)24-23(28)19-6-5-7-22(18-19)31(29,30)27-12-3-2-4-13-27/h5-11,18H,2-4,12-17H2,1H3,(H,24,28). The van der Waals surface area contributed by atoms with Gasteiger partial charge in [-0.15, -0.1) is 0 Å². The molecule has 4 rings (SSSR count). The summed E-state index contributed by atoms with van der Waals surface area (Å²) in [6.07, 6.45) is 2.81. The van der Waals surface area contributed by atoms with Crippen LogP contribution in [0.25, 0.3) is 0 Å². The molecule has 0 aromatic heterocycles. The maximum absolute atomic E-state index is 12.9. The molecule has 2 aromatic carbocycles. The number of rotatable bonds is 5. The van der Waals surface area contributed by atoms with Crippen LogP contribution in [0.1, 0.15) is 29.6 Å². The highest BCUT2D eigenvalue weighted by Crippen LogP contribution is 2.23. The van der Waals surface area contributed by atoms with Crippen LogP contribution in [0.15, 0.2) is 53.4 Å². The SMILES string of the molecule is CN1CCN(c2ccc(NC(=O)c3cccc(S(=O)(=O)N4CCCCC4)c3)cc2)CC1. The Bertz CT molecular complexity index is 1010. The molecule has 0 saturated carbocycles. The van der Waals surface area contributed by atoms with Crippen molar-refractivity contribution < 1.29 is 13.2 Å². The van der Waals surface area contributed by atoms with E-state index in [2.05, 4.69) is 22.2 Å². The number of piperazine rings is 1. The Morgan fingerprint density at radius 2 is 1.55 bits per heavy atom. The van der Waals surface area contributed by atoms with Crippen LogP contribution in [0.4, 0.5) is 11.4 Å². The molecule has 0 bridgehead atoms. The molecule has 0 unspecified atom stereocenters. The molecule has 166 valence electrons. The maximum Gasteiger partial charge on any atom is 0.255 e. The molecular weight excluding hydrogens is 412 g/mol. The first-order chi connectivity index (χ1) is 14.9. The van der Waals surface area contributed by atoms with Crippen molar-refractivity contribution in [2.45, 2.75) is 24.2 Å². The Labute approximate surface area is 184 Å². The van der Waals surface area contributed by atoms with Gasteiger partial charge in [0.05, 0.1) is 4.90 Å². The number of sulfonamides is 1. The van der Waals surface area contributed by atoms with E-state index in [0.717, 1.165) is 51.1 Å². The number of amides is 1. The van der Waals surface area contributed by atoms with Gasteiger partial charge in [-0.2, -0.15) is 4.31 Å². The fraction of sp³-hybridized carbons (Fsp3) is 0.435. The van der Waals surface area contributed by atoms with Crippen molar-refractivity contribution in [1.82, 2.24) is 9.21 Å². The van der Waals surface area contributed by atoms with Gasteiger partial charge in [-0.05, 0) is 62.4 Å². The average Bonchev–Trinajstić information content (AvgIpc) is 2.81. The summed E-state index contributed by atoms with van der Waals surface area (Å²) >= 11 is 0. The predicted molar refractivity (Wildman–Crippen MR) is 123 cm³/mol. The van der Waals surface area contributed by atoms with Crippen molar-refractivity contribution in [2.24, 2.45) is 0 Å². The summed E-state index contributed by atoms with van der Waals surface area (Å²) < 4.78 is 27.3. The number of carbonyl (C=O) groups is 1. The van der Waals surface area contributed by atoms with Crippen LogP contribution in [0.5, 0.6) is 0 Å². The van der Waals surface area contributed by atoms with Gasteiger partial charge in [0.25, 0.3) is 5.91 Å². The lowest BCUT2D eigenvalue weighted by Crippen LogP contribution is -2.44. The number of benzene rings is 2. The summed E-state index contributed by atoms with van der Waals surface area (Å²) in [7, 11) is -1.44. The molecule has 0 radical (unpaired) electrons. The molecule has 0 spiro atoms. The topological polar surface area (TPSA) is 73.0 Å². The summed E-state index contributed by atoms with van der Waals surface area (Å²) in [6.45, 7) is 5.13. The Kier molecular flexibility index (Phi) is 6.60. The second-order valence-electron chi connectivity index (χ2n) is 8.28. The zero-order valence-electron chi connectivity index (χ0n) is 18.0. The molecule has 8 heteroatoms. The average molecular weight is 443 g/mol. The molecule has 31 heavy (non-hydrogen) atoms. The molecule has 2 aliphatic heterocycles. The number of nitrogens with zero attached hydrogens (tertiary/aromatic N) is 3. The van der Waals surface area contributed by atoms with Crippen molar-refractivity contribution in [2.75, 3.05) is 56.5 Å². The van der Waals surface area contributed by atoms with Crippen molar-refractivity contribution in [3.05, 3.63) is 54.1 Å². The van der Waals surface area contributed by atoms with Gasteiger partial charge >= 0.3 is 0 Å². The van der Waals surface area contributed by atoms with Crippen molar-refractivity contribution in [1.29, 1.82) is 0 Å². The van der Waals surface area contributed by atoms with Crippen molar-refractivity contribution >= 4 is 27.3 Å². The monoisotopic (exact) mass is 442 g/mol. The summed E-state index contributed by atoms with van der Waals surface area (Å²) in [6, 6.07) is 14.1. The van der Waals surface area contributed by atoms with Gasteiger partial charge in [0.1, 0.15) is 0 Å². The molecular formula is C23H30N4O3S. The van der Waals surface area contributed by atoms with Gasteiger partial charge in [-0.1, -0.05) is 12.5 Å². The third-order valence-corrected chi connectivity index (χ3v) is 7.94. The van der Waals surface area contributed by atoms with Gasteiger partial charge in [-0.3, -0.25) is 4.79 Å². The minimum absolute atomic E-state index is 0.174. The first-order valence-electron chi connectivity index (χ1n) is 10.9. The molecule has 2 aromatic rings. The lowest BCUT2D eigenvalue weighted by Gasteiger charge is -2.34. The summed E-state index contributed by atoms with van der Waals surface area (Å²) in [5.41, 5.74) is 2.16. The van der Waals surface area contributed by atoms with Crippen LogP contribution < -0.4 is 10.2 Å². The Morgan fingerprint density at radius 1 is 0.871 bits per heavy atom. The zero-order valence-corrected chi connectivity index (χ0v) is 18.8. The van der Waals surface area contributed by atoms with Crippen LogP contribution in [0, 0.1) is 0 Å². The van der Waals surface area contributed by atoms with Gasteiger partial charge in [0.2, 0.25) is 10.0 Å². The first kappa shape index (κ1) is 21.8. The smallest absolute Gasteiger partial charge is 0.255 e. The van der Waals surface area contributed by atoms with Gasteiger partial charge in [-0.25, -0.2) is 8.42 Å². The first-order valence-corrected chi connectivity index (χ1v) is 12.3. The van der Waals surface area contributed by atoms with Crippen LogP contribution in [-0.2, 0) is 10.0 Å². The van der Waals surface area contributed by atoms with E-state index in [-0.39, 0.29) is 10.8 Å².